The van der Waals surface area contributed by atoms with E-state index in [4.69, 9.17) is 11.5 Å². The maximum absolute atomic E-state index is 12.9. The molecule has 0 aromatic heterocycles. The molecule has 136 valence electrons. The van der Waals surface area contributed by atoms with Crippen LogP contribution in [0.1, 0.15) is 17.0 Å². The number of nitrogens with two attached hydrogens (primary N) is 2. The molecular weight excluding hydrogens is 328 g/mol. The van der Waals surface area contributed by atoms with Crippen molar-refractivity contribution in [3.8, 4) is 11.1 Å². The van der Waals surface area contributed by atoms with Gasteiger partial charge in [-0.3, -0.25) is 9.59 Å². The van der Waals surface area contributed by atoms with Crippen LogP contribution in [0.2, 0.25) is 0 Å². The van der Waals surface area contributed by atoms with E-state index in [0.717, 1.165) is 22.3 Å². The van der Waals surface area contributed by atoms with Crippen LogP contribution in [0, 0.1) is 5.92 Å². The number of hydrogen-bond acceptors (Lipinski definition) is 4. The third-order valence-corrected chi connectivity index (χ3v) is 4.67. The highest BCUT2D eigenvalue weighted by Crippen LogP contribution is 2.48. The highest BCUT2D eigenvalue weighted by atomic mass is 16.2. The van der Waals surface area contributed by atoms with Gasteiger partial charge in [0, 0.05) is 32.1 Å². The lowest BCUT2D eigenvalue weighted by Gasteiger charge is -2.24. The molecule has 1 aliphatic rings. The Hall–Kier alpha value is -2.70. The van der Waals surface area contributed by atoms with Crippen LogP contribution in [0.5, 0.6) is 0 Å². The molecule has 2 amide bonds. The van der Waals surface area contributed by atoms with Crippen molar-refractivity contribution in [2.75, 3.05) is 26.2 Å². The predicted molar refractivity (Wildman–Crippen MR) is 101 cm³/mol. The summed E-state index contributed by atoms with van der Waals surface area (Å²) in [5.41, 5.74) is 15.1. The van der Waals surface area contributed by atoms with Gasteiger partial charge in [-0.1, -0.05) is 48.5 Å². The summed E-state index contributed by atoms with van der Waals surface area (Å²) < 4.78 is 0. The standard InChI is InChI=1S/C20H24N4O2/c21-9-11-23-19(25)18(20(26)24-12-10-22)17-15-7-3-1-5-13(15)14-6-2-4-8-16(14)17/h1-8,17-18H,9-12,21-22H2,(H,23,25)(H,24,26). The summed E-state index contributed by atoms with van der Waals surface area (Å²) in [6, 6.07) is 15.8. The van der Waals surface area contributed by atoms with E-state index in [-0.39, 0.29) is 17.7 Å². The molecule has 6 N–H and O–H groups in total. The first kappa shape index (κ1) is 18.1. The van der Waals surface area contributed by atoms with E-state index in [9.17, 15) is 9.59 Å². The molecule has 0 saturated carbocycles. The zero-order chi connectivity index (χ0) is 18.5. The summed E-state index contributed by atoms with van der Waals surface area (Å²) in [4.78, 5) is 25.7. The maximum Gasteiger partial charge on any atom is 0.233 e. The fraction of sp³-hybridized carbons (Fsp3) is 0.300. The molecule has 26 heavy (non-hydrogen) atoms. The van der Waals surface area contributed by atoms with Crippen molar-refractivity contribution < 1.29 is 9.59 Å². The van der Waals surface area contributed by atoms with Crippen molar-refractivity contribution >= 4 is 11.8 Å². The zero-order valence-electron chi connectivity index (χ0n) is 14.6. The molecule has 3 rings (SSSR count). The van der Waals surface area contributed by atoms with Crippen LogP contribution >= 0.6 is 0 Å². The summed E-state index contributed by atoms with van der Waals surface area (Å²) in [7, 11) is 0. The van der Waals surface area contributed by atoms with Gasteiger partial charge < -0.3 is 22.1 Å². The van der Waals surface area contributed by atoms with E-state index in [2.05, 4.69) is 10.6 Å². The van der Waals surface area contributed by atoms with Crippen LogP contribution in [-0.4, -0.2) is 38.0 Å². The monoisotopic (exact) mass is 352 g/mol. The first-order valence-electron chi connectivity index (χ1n) is 8.82. The van der Waals surface area contributed by atoms with E-state index >= 15 is 0 Å². The van der Waals surface area contributed by atoms with Gasteiger partial charge in [-0.05, 0) is 22.3 Å². The first-order valence-corrected chi connectivity index (χ1v) is 8.82. The second kappa shape index (κ2) is 8.12. The van der Waals surface area contributed by atoms with Gasteiger partial charge in [-0.2, -0.15) is 0 Å². The summed E-state index contributed by atoms with van der Waals surface area (Å²) >= 11 is 0. The molecule has 0 radical (unpaired) electrons. The SMILES string of the molecule is NCCNC(=O)C(C(=O)NCCN)C1c2ccccc2-c2ccccc21. The molecule has 0 unspecified atom stereocenters. The van der Waals surface area contributed by atoms with Crippen LogP contribution in [0.4, 0.5) is 0 Å². The number of hydrogen-bond donors (Lipinski definition) is 4. The van der Waals surface area contributed by atoms with Crippen molar-refractivity contribution in [2.24, 2.45) is 17.4 Å². The Morgan fingerprint density at radius 3 is 1.65 bits per heavy atom. The minimum absolute atomic E-state index is 0.318. The number of benzene rings is 2. The van der Waals surface area contributed by atoms with E-state index < -0.39 is 5.92 Å². The number of nitrogens with one attached hydrogen (secondary N) is 2. The highest BCUT2D eigenvalue weighted by Gasteiger charge is 2.41. The molecule has 1 aliphatic carbocycles. The first-order chi connectivity index (χ1) is 12.7. The van der Waals surface area contributed by atoms with Gasteiger partial charge in [0.05, 0.1) is 0 Å². The van der Waals surface area contributed by atoms with Gasteiger partial charge in [-0.15, -0.1) is 0 Å². The van der Waals surface area contributed by atoms with Crippen molar-refractivity contribution in [2.45, 2.75) is 5.92 Å². The number of rotatable bonds is 7. The van der Waals surface area contributed by atoms with Crippen molar-refractivity contribution in [3.63, 3.8) is 0 Å². The van der Waals surface area contributed by atoms with E-state index in [1.807, 2.05) is 48.5 Å². The Morgan fingerprint density at radius 2 is 1.23 bits per heavy atom. The fourth-order valence-electron chi connectivity index (χ4n) is 3.59. The zero-order valence-corrected chi connectivity index (χ0v) is 14.6. The summed E-state index contributed by atoms with van der Waals surface area (Å²) in [5.74, 6) is -1.85. The number of carbonyl (C=O) groups excluding carboxylic acids is 2. The fourth-order valence-corrected chi connectivity index (χ4v) is 3.59. The predicted octanol–water partition coefficient (Wildman–Crippen LogP) is 0.565. The van der Waals surface area contributed by atoms with Crippen molar-refractivity contribution in [3.05, 3.63) is 59.7 Å². The largest absolute Gasteiger partial charge is 0.354 e. The Labute approximate surface area is 153 Å². The molecule has 6 nitrogen and oxygen atoms in total. The van der Waals surface area contributed by atoms with Gasteiger partial charge in [0.15, 0.2) is 0 Å². The Morgan fingerprint density at radius 1 is 0.808 bits per heavy atom. The van der Waals surface area contributed by atoms with Crippen LogP contribution in [0.15, 0.2) is 48.5 Å². The number of fused-ring (bicyclic) bond motifs is 3. The molecule has 2 aromatic rings. The minimum atomic E-state index is -0.877. The normalized spacial score (nSPS) is 12.6. The number of amides is 2. The van der Waals surface area contributed by atoms with Gasteiger partial charge in [0.1, 0.15) is 5.92 Å². The van der Waals surface area contributed by atoms with Crippen LogP contribution < -0.4 is 22.1 Å². The van der Waals surface area contributed by atoms with Gasteiger partial charge in [0.25, 0.3) is 0 Å². The third-order valence-electron chi connectivity index (χ3n) is 4.67. The van der Waals surface area contributed by atoms with Crippen LogP contribution in [-0.2, 0) is 9.59 Å². The van der Waals surface area contributed by atoms with Gasteiger partial charge in [0.2, 0.25) is 11.8 Å². The molecule has 0 heterocycles. The lowest BCUT2D eigenvalue weighted by molar-refractivity contribution is -0.135. The van der Waals surface area contributed by atoms with Crippen molar-refractivity contribution in [1.82, 2.24) is 10.6 Å². The Bertz CT molecular complexity index is 740. The van der Waals surface area contributed by atoms with Crippen LogP contribution in [0.3, 0.4) is 0 Å². The third kappa shape index (κ3) is 3.34. The molecule has 0 fully saturated rings. The topological polar surface area (TPSA) is 110 Å². The second-order valence-corrected chi connectivity index (χ2v) is 6.29. The lowest BCUT2D eigenvalue weighted by atomic mass is 9.82. The Balaban J connectivity index is 2.05. The smallest absolute Gasteiger partial charge is 0.233 e. The van der Waals surface area contributed by atoms with E-state index in [1.54, 1.807) is 0 Å². The highest BCUT2D eigenvalue weighted by molar-refractivity contribution is 6.03. The van der Waals surface area contributed by atoms with Crippen LogP contribution in [0.25, 0.3) is 11.1 Å². The number of carbonyl (C=O) groups is 2. The van der Waals surface area contributed by atoms with Gasteiger partial charge >= 0.3 is 0 Å². The molecule has 0 saturated heterocycles. The molecule has 0 bridgehead atoms. The average Bonchev–Trinajstić information content (AvgIpc) is 3.00. The molecule has 0 spiro atoms. The molecular formula is C20H24N4O2. The molecule has 6 heteroatoms. The maximum atomic E-state index is 12.9. The molecule has 2 aromatic carbocycles. The Kier molecular flexibility index (Phi) is 5.65. The minimum Gasteiger partial charge on any atom is -0.354 e. The van der Waals surface area contributed by atoms with Gasteiger partial charge in [-0.25, -0.2) is 0 Å². The van der Waals surface area contributed by atoms with E-state index in [0.29, 0.717) is 26.2 Å². The average molecular weight is 352 g/mol. The van der Waals surface area contributed by atoms with E-state index in [1.165, 1.54) is 0 Å². The second-order valence-electron chi connectivity index (χ2n) is 6.29. The van der Waals surface area contributed by atoms with Crippen molar-refractivity contribution in [1.29, 1.82) is 0 Å². The quantitative estimate of drug-likeness (QED) is 0.546. The summed E-state index contributed by atoms with van der Waals surface area (Å²) in [6.07, 6.45) is 0. The summed E-state index contributed by atoms with van der Waals surface area (Å²) in [5, 5.41) is 5.54. The molecule has 0 atom stereocenters. The summed E-state index contributed by atoms with van der Waals surface area (Å²) in [6.45, 7) is 1.30. The lowest BCUT2D eigenvalue weighted by Crippen LogP contribution is -2.46. The molecule has 0 aliphatic heterocycles.